The monoisotopic (exact) mass is 865 g/mol. The van der Waals surface area contributed by atoms with Crippen molar-refractivity contribution in [3.8, 4) is 23.1 Å². The third kappa shape index (κ3) is 10.6. The number of unbranched alkanes of at least 4 members (excludes halogenated alkanes) is 1. The highest BCUT2D eigenvalue weighted by Crippen LogP contribution is 2.44. The van der Waals surface area contributed by atoms with Crippen molar-refractivity contribution in [1.29, 1.82) is 0 Å². The van der Waals surface area contributed by atoms with Gasteiger partial charge in [0.25, 0.3) is 14.2 Å². The zero-order valence-electron chi connectivity index (χ0n) is 37.4. The van der Waals surface area contributed by atoms with Gasteiger partial charge in [-0.25, -0.2) is 4.98 Å². The van der Waals surface area contributed by atoms with Gasteiger partial charge in [-0.05, 0) is 78.1 Å². The van der Waals surface area contributed by atoms with Gasteiger partial charge in [0.1, 0.15) is 11.4 Å². The zero-order valence-corrected chi connectivity index (χ0v) is 39.2. The first-order valence-electron chi connectivity index (χ1n) is 22.2. The number of rotatable bonds is 16. The minimum Gasteiger partial charge on any atom is -0.598 e. The highest BCUT2D eigenvalue weighted by atomic mass is 32.2. The molecule has 0 aliphatic carbocycles. The number of fused-ring (bicyclic) bond motifs is 1. The van der Waals surface area contributed by atoms with Crippen molar-refractivity contribution in [3.63, 3.8) is 0 Å². The number of hydrogen-bond donors (Lipinski definition) is 1. The first-order valence-corrected chi connectivity index (χ1v) is 25.4. The molecule has 3 heterocycles. The summed E-state index contributed by atoms with van der Waals surface area (Å²) in [6.07, 6.45) is 3.30. The molecule has 0 saturated carbocycles. The van der Waals surface area contributed by atoms with Gasteiger partial charge in [0.2, 0.25) is 0 Å². The molecule has 2 aliphatic heterocycles. The molecule has 2 aliphatic rings. The van der Waals surface area contributed by atoms with E-state index in [9.17, 15) is 9.35 Å². The highest BCUT2D eigenvalue weighted by molar-refractivity contribution is 7.89. The number of carbonyl (C=O) groups is 1. The lowest BCUT2D eigenvalue weighted by atomic mass is 9.95. The fourth-order valence-electron chi connectivity index (χ4n) is 9.08. The van der Waals surface area contributed by atoms with E-state index >= 15 is 0 Å². The molecule has 62 heavy (non-hydrogen) atoms. The van der Waals surface area contributed by atoms with Crippen LogP contribution >= 0.6 is 0 Å². The summed E-state index contributed by atoms with van der Waals surface area (Å²) in [5.74, 6) is 7.01. The van der Waals surface area contributed by atoms with Crippen LogP contribution in [0, 0.1) is 11.8 Å². The summed E-state index contributed by atoms with van der Waals surface area (Å²) < 4.78 is 24.0. The number of pyridine rings is 1. The predicted molar refractivity (Wildman–Crippen MR) is 257 cm³/mol. The summed E-state index contributed by atoms with van der Waals surface area (Å²) in [4.78, 5) is 24.0. The van der Waals surface area contributed by atoms with Crippen LogP contribution < -0.4 is 15.7 Å². The van der Waals surface area contributed by atoms with Crippen LogP contribution in [0.3, 0.4) is 0 Å². The van der Waals surface area contributed by atoms with Crippen LogP contribution in [-0.4, -0.2) is 90.0 Å². The molecule has 4 aromatic carbocycles. The Kier molecular flexibility index (Phi) is 15.2. The van der Waals surface area contributed by atoms with Gasteiger partial charge in [-0.2, -0.15) is 0 Å². The maximum Gasteiger partial charge on any atom is 0.270 e. The molecule has 8 nitrogen and oxygen atoms in total. The molecule has 324 valence electrons. The number of likely N-dealkylation sites (tertiary alicyclic amines) is 1. The lowest BCUT2D eigenvalue weighted by Gasteiger charge is -2.43. The summed E-state index contributed by atoms with van der Waals surface area (Å²) in [5.41, 5.74) is 6.17. The lowest BCUT2D eigenvalue weighted by Crippen LogP contribution is -2.66. The first-order chi connectivity index (χ1) is 30.0. The topological polar surface area (TPSA) is 84.0 Å². The van der Waals surface area contributed by atoms with Crippen molar-refractivity contribution >= 4 is 36.0 Å². The number of nitrogens with one attached hydrogen (secondary N) is 1. The van der Waals surface area contributed by atoms with E-state index in [1.807, 2.05) is 43.3 Å². The molecule has 0 bridgehead atoms. The number of nitrogens with zero attached hydrogens (tertiary/aromatic N) is 4. The summed E-state index contributed by atoms with van der Waals surface area (Å²) in [6, 6.07) is 41.8. The van der Waals surface area contributed by atoms with Crippen LogP contribution in [0.15, 0.2) is 121 Å². The minimum absolute atomic E-state index is 0.0180. The highest BCUT2D eigenvalue weighted by Gasteiger charge is 2.50. The molecule has 1 amide bonds. The van der Waals surface area contributed by atoms with Gasteiger partial charge >= 0.3 is 0 Å². The normalized spacial score (nSPS) is 17.4. The van der Waals surface area contributed by atoms with E-state index in [1.165, 1.54) is 15.9 Å². The first kappa shape index (κ1) is 45.5. The Balaban J connectivity index is 1.25. The fraction of sp³-hybridized carbons (Fsp3) is 0.385. The number of carbonyl (C=O) groups excluding carboxylic acids is 1. The van der Waals surface area contributed by atoms with Crippen molar-refractivity contribution in [1.82, 2.24) is 24.4 Å². The smallest absolute Gasteiger partial charge is 0.270 e. The molecule has 0 unspecified atom stereocenters. The maximum absolute atomic E-state index is 14.4. The number of benzene rings is 4. The van der Waals surface area contributed by atoms with E-state index < -0.39 is 19.7 Å². The molecule has 10 heteroatoms. The average Bonchev–Trinajstić information content (AvgIpc) is 3.88. The zero-order chi connectivity index (χ0) is 43.7. The van der Waals surface area contributed by atoms with Crippen LogP contribution in [0.1, 0.15) is 92.2 Å². The van der Waals surface area contributed by atoms with Crippen LogP contribution in [0.4, 0.5) is 0 Å². The molecule has 5 aromatic rings. The molecule has 7 rings (SSSR count). The van der Waals surface area contributed by atoms with E-state index in [4.69, 9.17) is 9.41 Å². The van der Waals surface area contributed by atoms with Crippen LogP contribution in [0.2, 0.25) is 5.04 Å². The molecular weight excluding hydrogens is 803 g/mol. The second-order valence-electron chi connectivity index (χ2n) is 18.0. The molecule has 1 saturated heterocycles. The van der Waals surface area contributed by atoms with Gasteiger partial charge in [0, 0.05) is 60.3 Å². The average molecular weight is 866 g/mol. The van der Waals surface area contributed by atoms with Gasteiger partial charge in [-0.15, -0.1) is 4.31 Å². The van der Waals surface area contributed by atoms with Crippen LogP contribution in [0.25, 0.3) is 11.3 Å². The van der Waals surface area contributed by atoms with E-state index in [2.05, 4.69) is 151 Å². The number of amides is 1. The Morgan fingerprint density at radius 2 is 1.63 bits per heavy atom. The molecule has 0 spiro atoms. The van der Waals surface area contributed by atoms with E-state index in [-0.39, 0.29) is 23.0 Å². The predicted octanol–water partition coefficient (Wildman–Crippen LogP) is 7.95. The second kappa shape index (κ2) is 20.7. The van der Waals surface area contributed by atoms with Gasteiger partial charge in [-0.1, -0.05) is 149 Å². The Labute approximate surface area is 374 Å². The second-order valence-corrected chi connectivity index (χ2v) is 23.8. The Bertz CT molecular complexity index is 2270. The van der Waals surface area contributed by atoms with E-state index in [0.717, 1.165) is 66.8 Å². The van der Waals surface area contributed by atoms with Crippen molar-refractivity contribution in [3.05, 3.63) is 149 Å². The Hall–Kier alpha value is -4.57. The van der Waals surface area contributed by atoms with Crippen LogP contribution in [-0.2, 0) is 28.9 Å². The SMILES string of the molecule is CCCC[S@@+]([O-])N1Cc2cc(C(=O)N[C@@H]3CCN(Cc4ccccc4)C3)nc(-c3cccc(C#CCN(C)C)c3)c2[C@H]1CCO[Si](c1ccccc1)(c1ccccc1)C(C)(C)C. The number of hydrogen-bond acceptors (Lipinski definition) is 7. The quantitative estimate of drug-likeness (QED) is 0.0613. The van der Waals surface area contributed by atoms with Gasteiger partial charge in [-0.3, -0.25) is 14.6 Å². The summed E-state index contributed by atoms with van der Waals surface area (Å²) in [6.45, 7) is 13.1. The summed E-state index contributed by atoms with van der Waals surface area (Å²) >= 11 is -1.26. The molecule has 1 aromatic heterocycles. The van der Waals surface area contributed by atoms with Crippen LogP contribution in [0.5, 0.6) is 0 Å². The van der Waals surface area contributed by atoms with E-state index in [1.54, 1.807) is 0 Å². The fourth-order valence-corrected chi connectivity index (χ4v) is 15.2. The van der Waals surface area contributed by atoms with Gasteiger partial charge in [0.15, 0.2) is 0 Å². The van der Waals surface area contributed by atoms with Gasteiger partial charge in [0.05, 0.1) is 24.8 Å². The lowest BCUT2D eigenvalue weighted by molar-refractivity contribution is 0.0932. The Morgan fingerprint density at radius 1 is 0.952 bits per heavy atom. The molecule has 1 N–H and O–H groups in total. The molecule has 1 fully saturated rings. The van der Waals surface area contributed by atoms with Crippen molar-refractivity contribution in [2.24, 2.45) is 0 Å². The maximum atomic E-state index is 14.4. The summed E-state index contributed by atoms with van der Waals surface area (Å²) in [7, 11) is 1.17. The molecule has 0 radical (unpaired) electrons. The Morgan fingerprint density at radius 3 is 2.27 bits per heavy atom. The summed E-state index contributed by atoms with van der Waals surface area (Å²) in [5, 5.41) is 5.61. The van der Waals surface area contributed by atoms with Crippen molar-refractivity contribution < 1.29 is 13.8 Å². The molecular formula is C52H63N5O3SSi. The largest absolute Gasteiger partial charge is 0.598 e. The third-order valence-electron chi connectivity index (χ3n) is 12.1. The molecule has 3 atom stereocenters. The number of aromatic nitrogens is 1. The standard InChI is InChI=1S/C52H63N5O3SSi/c1-7-8-34-61(59)57-38-43-36-47(51(58)53-44-29-32-56(39-44)37-41-20-12-9-13-21-41)54-50(42-24-18-22-40(35-42)23-19-31-55(5)6)49(43)48(57)30-33-60-62(52(2,3)4,45-25-14-10-15-26-45)46-27-16-11-17-28-46/h9-18,20-22,24-28,35-36,44,48H,7-8,29-34,37-39H2,1-6H3,(H,53,58)/t44-,48-,61-/m1/s1. The third-order valence-corrected chi connectivity index (χ3v) is 18.7. The van der Waals surface area contributed by atoms with Gasteiger partial charge < -0.3 is 14.3 Å². The van der Waals surface area contributed by atoms with E-state index in [0.29, 0.717) is 37.6 Å². The minimum atomic E-state index is -2.84. The van der Waals surface area contributed by atoms with Crippen molar-refractivity contribution in [2.45, 2.75) is 83.6 Å². The van der Waals surface area contributed by atoms with Crippen molar-refractivity contribution in [2.75, 3.05) is 46.1 Å².